The van der Waals surface area contributed by atoms with Crippen molar-refractivity contribution in [3.05, 3.63) is 0 Å². The molecular weight excluding hydrogens is 236 g/mol. The van der Waals surface area contributed by atoms with Crippen LogP contribution in [0.15, 0.2) is 0 Å². The van der Waals surface area contributed by atoms with Crippen LogP contribution in [0.2, 0.25) is 0 Å². The lowest BCUT2D eigenvalue weighted by atomic mass is 9.75. The zero-order valence-electron chi connectivity index (χ0n) is 13.0. The maximum Gasteiger partial charge on any atom is 0.0590 e. The molecule has 2 rings (SSSR count). The lowest BCUT2D eigenvalue weighted by Crippen LogP contribution is -2.58. The average Bonchev–Trinajstić information content (AvgIpc) is 3.18. The smallest absolute Gasteiger partial charge is 0.0590 e. The number of methoxy groups -OCH3 is 1. The summed E-state index contributed by atoms with van der Waals surface area (Å²) in [6, 6.07) is 0.656. The highest BCUT2D eigenvalue weighted by Crippen LogP contribution is 2.41. The minimum absolute atomic E-state index is 0.158. The van der Waals surface area contributed by atoms with E-state index in [1.807, 2.05) is 0 Å². The summed E-state index contributed by atoms with van der Waals surface area (Å²) in [7, 11) is 1.80. The second-order valence-corrected chi connectivity index (χ2v) is 6.97. The van der Waals surface area contributed by atoms with E-state index >= 15 is 0 Å². The summed E-state index contributed by atoms with van der Waals surface area (Å²) >= 11 is 0. The van der Waals surface area contributed by atoms with Gasteiger partial charge in [-0.15, -0.1) is 0 Å². The Labute approximate surface area is 118 Å². The molecule has 0 bridgehead atoms. The van der Waals surface area contributed by atoms with Crippen molar-refractivity contribution in [3.8, 4) is 0 Å². The van der Waals surface area contributed by atoms with Crippen molar-refractivity contribution < 1.29 is 4.74 Å². The van der Waals surface area contributed by atoms with Crippen LogP contribution in [0.25, 0.3) is 0 Å². The molecule has 2 N–H and O–H groups in total. The Morgan fingerprint density at radius 1 is 1.32 bits per heavy atom. The quantitative estimate of drug-likeness (QED) is 0.698. The van der Waals surface area contributed by atoms with E-state index in [4.69, 9.17) is 10.5 Å². The Balaban J connectivity index is 2.02. The molecule has 2 aliphatic rings. The molecule has 2 aliphatic carbocycles. The molecule has 112 valence electrons. The van der Waals surface area contributed by atoms with Gasteiger partial charge in [0, 0.05) is 31.8 Å². The Kier molecular flexibility index (Phi) is 5.27. The number of nitrogens with zero attached hydrogens (tertiary/aromatic N) is 1. The van der Waals surface area contributed by atoms with Gasteiger partial charge in [0.25, 0.3) is 0 Å². The molecular formula is C16H32N2O. The van der Waals surface area contributed by atoms with E-state index in [0.29, 0.717) is 6.04 Å². The Bertz CT molecular complexity index is 276. The molecule has 0 spiro atoms. The molecule has 2 fully saturated rings. The van der Waals surface area contributed by atoms with Gasteiger partial charge in [-0.1, -0.05) is 19.3 Å². The molecule has 2 unspecified atom stereocenters. The van der Waals surface area contributed by atoms with E-state index < -0.39 is 0 Å². The first-order chi connectivity index (χ1) is 9.10. The van der Waals surface area contributed by atoms with Crippen molar-refractivity contribution in [2.75, 3.05) is 26.8 Å². The lowest BCUT2D eigenvalue weighted by molar-refractivity contribution is 0.00890. The van der Waals surface area contributed by atoms with E-state index in [9.17, 15) is 0 Å². The van der Waals surface area contributed by atoms with Gasteiger partial charge in [-0.3, -0.25) is 4.90 Å². The maximum absolute atomic E-state index is 6.18. The van der Waals surface area contributed by atoms with Crippen molar-refractivity contribution in [2.45, 2.75) is 64.0 Å². The third-order valence-corrected chi connectivity index (χ3v) is 5.42. The maximum atomic E-state index is 6.18. The first-order valence-corrected chi connectivity index (χ1v) is 8.06. The van der Waals surface area contributed by atoms with Crippen LogP contribution in [-0.4, -0.2) is 43.3 Å². The minimum Gasteiger partial charge on any atom is -0.383 e. The first-order valence-electron chi connectivity index (χ1n) is 8.06. The molecule has 0 aromatic carbocycles. The summed E-state index contributed by atoms with van der Waals surface area (Å²) in [4.78, 5) is 2.66. The molecule has 2 saturated carbocycles. The molecule has 0 aromatic heterocycles. The van der Waals surface area contributed by atoms with E-state index in [1.54, 1.807) is 7.11 Å². The molecule has 3 nitrogen and oxygen atoms in total. The third kappa shape index (κ3) is 3.71. The molecule has 3 heteroatoms. The van der Waals surface area contributed by atoms with Crippen molar-refractivity contribution in [1.82, 2.24) is 4.90 Å². The normalized spacial score (nSPS) is 25.1. The highest BCUT2D eigenvalue weighted by atomic mass is 16.5. The second kappa shape index (κ2) is 6.55. The third-order valence-electron chi connectivity index (χ3n) is 5.42. The minimum atomic E-state index is 0.158. The monoisotopic (exact) mass is 268 g/mol. The van der Waals surface area contributed by atoms with Gasteiger partial charge in [0.15, 0.2) is 0 Å². The number of rotatable bonds is 9. The van der Waals surface area contributed by atoms with Crippen molar-refractivity contribution in [3.63, 3.8) is 0 Å². The predicted octanol–water partition coefficient (Wildman–Crippen LogP) is 2.64. The summed E-state index contributed by atoms with van der Waals surface area (Å²) in [6.07, 6.45) is 8.30. The van der Waals surface area contributed by atoms with Crippen LogP contribution in [0.3, 0.4) is 0 Å². The molecule has 0 heterocycles. The molecule has 2 atom stereocenters. The van der Waals surface area contributed by atoms with Crippen LogP contribution >= 0.6 is 0 Å². The van der Waals surface area contributed by atoms with Gasteiger partial charge >= 0.3 is 0 Å². The molecule has 19 heavy (non-hydrogen) atoms. The fourth-order valence-corrected chi connectivity index (χ4v) is 3.62. The van der Waals surface area contributed by atoms with Gasteiger partial charge in [-0.25, -0.2) is 0 Å². The van der Waals surface area contributed by atoms with Crippen molar-refractivity contribution in [1.29, 1.82) is 0 Å². The summed E-state index contributed by atoms with van der Waals surface area (Å²) in [5.41, 5.74) is 6.34. The van der Waals surface area contributed by atoms with Gasteiger partial charge in [0.1, 0.15) is 0 Å². The van der Waals surface area contributed by atoms with Gasteiger partial charge in [0.05, 0.1) is 6.61 Å². The second-order valence-electron chi connectivity index (χ2n) is 6.97. The first kappa shape index (κ1) is 15.3. The summed E-state index contributed by atoms with van der Waals surface area (Å²) in [6.45, 7) is 7.37. The van der Waals surface area contributed by atoms with Gasteiger partial charge < -0.3 is 10.5 Å². The molecule has 0 aromatic rings. The number of hydrogen-bond donors (Lipinski definition) is 1. The van der Waals surface area contributed by atoms with E-state index in [2.05, 4.69) is 18.7 Å². The average molecular weight is 268 g/mol. The number of nitrogens with two attached hydrogens (primary N) is 1. The van der Waals surface area contributed by atoms with Crippen molar-refractivity contribution in [2.24, 2.45) is 17.6 Å². The topological polar surface area (TPSA) is 38.5 Å². The Morgan fingerprint density at radius 2 is 2.00 bits per heavy atom. The highest BCUT2D eigenvalue weighted by Gasteiger charge is 2.41. The van der Waals surface area contributed by atoms with E-state index in [-0.39, 0.29) is 5.54 Å². The summed E-state index contributed by atoms with van der Waals surface area (Å²) < 4.78 is 5.33. The highest BCUT2D eigenvalue weighted by molar-refractivity contribution is 4.97. The van der Waals surface area contributed by atoms with Crippen LogP contribution in [0.1, 0.15) is 52.4 Å². The predicted molar refractivity (Wildman–Crippen MR) is 80.2 cm³/mol. The van der Waals surface area contributed by atoms with Crippen LogP contribution in [0, 0.1) is 11.8 Å². The SMILES string of the molecule is COCCN(C(C)C1CC1)C(C)(CN)CC1CCC1. The van der Waals surface area contributed by atoms with Crippen LogP contribution < -0.4 is 5.73 Å². The largest absolute Gasteiger partial charge is 0.383 e. The molecule has 0 saturated heterocycles. The fourth-order valence-electron chi connectivity index (χ4n) is 3.62. The van der Waals surface area contributed by atoms with Crippen LogP contribution in [0.5, 0.6) is 0 Å². The summed E-state index contributed by atoms with van der Waals surface area (Å²) in [5.74, 6) is 1.80. The molecule has 0 radical (unpaired) electrons. The van der Waals surface area contributed by atoms with Gasteiger partial charge in [-0.05, 0) is 44.9 Å². The standard InChI is InChI=1S/C16H32N2O/c1-13(15-7-8-15)18(9-10-19-3)16(2,12-17)11-14-5-4-6-14/h13-15H,4-12,17H2,1-3H3. The number of ether oxygens (including phenoxy) is 1. The van der Waals surface area contributed by atoms with Crippen LogP contribution in [-0.2, 0) is 4.74 Å². The van der Waals surface area contributed by atoms with Crippen molar-refractivity contribution >= 4 is 0 Å². The van der Waals surface area contributed by atoms with Gasteiger partial charge in [0.2, 0.25) is 0 Å². The Morgan fingerprint density at radius 3 is 2.42 bits per heavy atom. The van der Waals surface area contributed by atoms with E-state index in [0.717, 1.165) is 31.5 Å². The fraction of sp³-hybridized carbons (Fsp3) is 1.00. The number of hydrogen-bond acceptors (Lipinski definition) is 3. The van der Waals surface area contributed by atoms with Gasteiger partial charge in [-0.2, -0.15) is 0 Å². The molecule has 0 aliphatic heterocycles. The molecule has 0 amide bonds. The lowest BCUT2D eigenvalue weighted by Gasteiger charge is -2.47. The zero-order valence-corrected chi connectivity index (χ0v) is 13.0. The summed E-state index contributed by atoms with van der Waals surface area (Å²) in [5, 5.41) is 0. The zero-order chi connectivity index (χ0) is 13.9. The van der Waals surface area contributed by atoms with Crippen LogP contribution in [0.4, 0.5) is 0 Å². The van der Waals surface area contributed by atoms with E-state index in [1.165, 1.54) is 38.5 Å². The Hall–Kier alpha value is -0.120.